The van der Waals surface area contributed by atoms with Crippen LogP contribution in [-0.4, -0.2) is 27.3 Å². The van der Waals surface area contributed by atoms with Crippen LogP contribution in [0.3, 0.4) is 0 Å². The Labute approximate surface area is 192 Å². The van der Waals surface area contributed by atoms with Crippen molar-refractivity contribution in [1.82, 2.24) is 19.9 Å². The molecule has 7 nitrogen and oxygen atoms in total. The highest BCUT2D eigenvalue weighted by molar-refractivity contribution is 5.80. The van der Waals surface area contributed by atoms with Gasteiger partial charge in [-0.1, -0.05) is 36.4 Å². The minimum atomic E-state index is -0.00631. The summed E-state index contributed by atoms with van der Waals surface area (Å²) < 4.78 is 12.6. The first-order chi connectivity index (χ1) is 16.0. The van der Waals surface area contributed by atoms with Gasteiger partial charge >= 0.3 is 0 Å². The smallest absolute Gasteiger partial charge is 0.231 e. The molecule has 168 valence electrons. The molecule has 5 rings (SSSR count). The van der Waals surface area contributed by atoms with Gasteiger partial charge in [0.05, 0.1) is 5.69 Å². The number of fused-ring (bicyclic) bond motifs is 2. The fourth-order valence-corrected chi connectivity index (χ4v) is 4.35. The number of benzene rings is 2. The molecule has 1 aliphatic heterocycles. The van der Waals surface area contributed by atoms with Gasteiger partial charge in [-0.2, -0.15) is 5.10 Å². The number of ether oxygens (including phenoxy) is 2. The van der Waals surface area contributed by atoms with Crippen LogP contribution in [0.4, 0.5) is 0 Å². The van der Waals surface area contributed by atoms with Crippen molar-refractivity contribution in [2.24, 2.45) is 0 Å². The predicted octanol–water partition coefficient (Wildman–Crippen LogP) is 4.30. The van der Waals surface area contributed by atoms with Gasteiger partial charge in [-0.15, -0.1) is 0 Å². The minimum absolute atomic E-state index is 0.00631. The maximum Gasteiger partial charge on any atom is 0.231 e. The number of rotatable bonds is 6. The highest BCUT2D eigenvalue weighted by atomic mass is 16.7. The lowest BCUT2D eigenvalue weighted by atomic mass is 10.0. The molecule has 0 saturated heterocycles. The Bertz CT molecular complexity index is 1350. The van der Waals surface area contributed by atoms with Crippen LogP contribution in [0.2, 0.25) is 0 Å². The second-order valence-corrected chi connectivity index (χ2v) is 8.29. The van der Waals surface area contributed by atoms with Gasteiger partial charge in [-0.25, -0.2) is 9.50 Å². The van der Waals surface area contributed by atoms with Gasteiger partial charge in [0.15, 0.2) is 17.1 Å². The topological polar surface area (TPSA) is 77.8 Å². The van der Waals surface area contributed by atoms with Crippen LogP contribution in [0.15, 0.2) is 48.5 Å². The molecule has 0 bridgehead atoms. The van der Waals surface area contributed by atoms with Crippen molar-refractivity contribution in [3.05, 3.63) is 76.7 Å². The van der Waals surface area contributed by atoms with E-state index in [1.807, 2.05) is 61.7 Å². The molecule has 1 aliphatic rings. The zero-order valence-electron chi connectivity index (χ0n) is 19.0. The van der Waals surface area contributed by atoms with Crippen LogP contribution in [0.1, 0.15) is 34.6 Å². The number of hydrogen-bond donors (Lipinski definition) is 1. The number of aromatic nitrogens is 3. The molecule has 0 atom stereocenters. The standard InChI is InChI=1S/C26H26N4O3/c1-16-21(10-12-24(31)27-14-19-9-11-22-23(13-19)33-15-32-22)18(3)30-26(28-16)25(17(2)29-30)20-7-5-4-6-8-20/h4-9,11,13H,10,12,14-15H2,1-3H3,(H,27,31). The fourth-order valence-electron chi connectivity index (χ4n) is 4.35. The summed E-state index contributed by atoms with van der Waals surface area (Å²) in [7, 11) is 0. The van der Waals surface area contributed by atoms with Crippen LogP contribution in [0.5, 0.6) is 11.5 Å². The summed E-state index contributed by atoms with van der Waals surface area (Å²) in [5, 5.41) is 7.75. The molecule has 1 N–H and O–H groups in total. The molecule has 4 aromatic rings. The number of hydrogen-bond acceptors (Lipinski definition) is 5. The highest BCUT2D eigenvalue weighted by Crippen LogP contribution is 2.32. The number of nitrogens with zero attached hydrogens (tertiary/aromatic N) is 3. The number of carbonyl (C=O) groups excluding carboxylic acids is 1. The first-order valence-electron chi connectivity index (χ1n) is 11.1. The molecule has 0 aliphatic carbocycles. The van der Waals surface area contributed by atoms with E-state index in [0.29, 0.717) is 19.4 Å². The Kier molecular flexibility index (Phi) is 5.46. The summed E-state index contributed by atoms with van der Waals surface area (Å²) in [5.41, 5.74) is 7.93. The Morgan fingerprint density at radius 2 is 1.82 bits per heavy atom. The summed E-state index contributed by atoms with van der Waals surface area (Å²) in [6.07, 6.45) is 0.984. The third-order valence-electron chi connectivity index (χ3n) is 6.09. The van der Waals surface area contributed by atoms with Crippen LogP contribution in [0.25, 0.3) is 16.8 Å². The lowest BCUT2D eigenvalue weighted by Gasteiger charge is -2.12. The van der Waals surface area contributed by atoms with Crippen LogP contribution < -0.4 is 14.8 Å². The molecule has 0 unspecified atom stereocenters. The molecule has 2 aromatic carbocycles. The summed E-state index contributed by atoms with van der Waals surface area (Å²) in [4.78, 5) is 17.4. The average Bonchev–Trinajstić information content (AvgIpc) is 3.41. The first-order valence-corrected chi connectivity index (χ1v) is 11.1. The van der Waals surface area contributed by atoms with Crippen molar-refractivity contribution >= 4 is 11.6 Å². The third-order valence-corrected chi connectivity index (χ3v) is 6.09. The van der Waals surface area contributed by atoms with E-state index < -0.39 is 0 Å². The SMILES string of the molecule is Cc1nc2c(-c3ccccc3)c(C)nn2c(C)c1CCC(=O)NCc1ccc2c(c1)OCO2. The largest absolute Gasteiger partial charge is 0.454 e. The summed E-state index contributed by atoms with van der Waals surface area (Å²) in [5.74, 6) is 1.45. The van der Waals surface area contributed by atoms with E-state index in [-0.39, 0.29) is 12.7 Å². The maximum atomic E-state index is 12.5. The van der Waals surface area contributed by atoms with Gasteiger partial charge in [0.1, 0.15) is 0 Å². The molecular weight excluding hydrogens is 416 g/mol. The van der Waals surface area contributed by atoms with Crippen molar-refractivity contribution in [2.45, 2.75) is 40.2 Å². The van der Waals surface area contributed by atoms with Crippen molar-refractivity contribution in [2.75, 3.05) is 6.79 Å². The van der Waals surface area contributed by atoms with E-state index in [2.05, 4.69) is 17.4 Å². The molecule has 0 radical (unpaired) electrons. The fraction of sp³-hybridized carbons (Fsp3) is 0.269. The van der Waals surface area contributed by atoms with E-state index in [1.54, 1.807) is 0 Å². The maximum absolute atomic E-state index is 12.5. The molecule has 33 heavy (non-hydrogen) atoms. The molecule has 2 aromatic heterocycles. The molecule has 0 spiro atoms. The number of amides is 1. The zero-order chi connectivity index (χ0) is 22.9. The minimum Gasteiger partial charge on any atom is -0.454 e. The molecule has 7 heteroatoms. The van der Waals surface area contributed by atoms with E-state index in [9.17, 15) is 4.79 Å². The zero-order valence-corrected chi connectivity index (χ0v) is 19.0. The lowest BCUT2D eigenvalue weighted by Crippen LogP contribution is -2.23. The van der Waals surface area contributed by atoms with E-state index in [0.717, 1.165) is 56.5 Å². The van der Waals surface area contributed by atoms with Crippen LogP contribution in [-0.2, 0) is 17.8 Å². The quantitative estimate of drug-likeness (QED) is 0.482. The van der Waals surface area contributed by atoms with Crippen molar-refractivity contribution < 1.29 is 14.3 Å². The van der Waals surface area contributed by atoms with Gasteiger partial charge in [0.2, 0.25) is 12.7 Å². The van der Waals surface area contributed by atoms with Gasteiger partial charge in [0, 0.05) is 29.9 Å². The third kappa shape index (κ3) is 4.02. The van der Waals surface area contributed by atoms with Crippen LogP contribution >= 0.6 is 0 Å². The van der Waals surface area contributed by atoms with Crippen molar-refractivity contribution in [3.63, 3.8) is 0 Å². The Balaban J connectivity index is 1.30. The lowest BCUT2D eigenvalue weighted by molar-refractivity contribution is -0.121. The Morgan fingerprint density at radius 3 is 2.64 bits per heavy atom. The average molecular weight is 443 g/mol. The molecule has 1 amide bonds. The van der Waals surface area contributed by atoms with Crippen molar-refractivity contribution in [1.29, 1.82) is 0 Å². The predicted molar refractivity (Wildman–Crippen MR) is 125 cm³/mol. The number of carbonyl (C=O) groups is 1. The van der Waals surface area contributed by atoms with Crippen molar-refractivity contribution in [3.8, 4) is 22.6 Å². The van der Waals surface area contributed by atoms with Gasteiger partial charge in [-0.05, 0) is 56.0 Å². The van der Waals surface area contributed by atoms with Gasteiger partial charge in [-0.3, -0.25) is 4.79 Å². The first kappa shape index (κ1) is 21.0. The van der Waals surface area contributed by atoms with E-state index in [4.69, 9.17) is 19.6 Å². The van der Waals surface area contributed by atoms with E-state index >= 15 is 0 Å². The van der Waals surface area contributed by atoms with Gasteiger partial charge in [0.25, 0.3) is 0 Å². The second kappa shape index (κ2) is 8.58. The Hall–Kier alpha value is -3.87. The molecule has 3 heterocycles. The molecule has 0 fully saturated rings. The second-order valence-electron chi connectivity index (χ2n) is 8.29. The Morgan fingerprint density at radius 1 is 1.03 bits per heavy atom. The summed E-state index contributed by atoms with van der Waals surface area (Å²) in [6, 6.07) is 15.9. The van der Waals surface area contributed by atoms with Crippen LogP contribution in [0, 0.1) is 20.8 Å². The normalized spacial score (nSPS) is 12.3. The monoisotopic (exact) mass is 442 g/mol. The number of nitrogens with one attached hydrogen (secondary N) is 1. The number of aryl methyl sites for hydroxylation is 3. The summed E-state index contributed by atoms with van der Waals surface area (Å²) in [6.45, 7) is 6.75. The van der Waals surface area contributed by atoms with Gasteiger partial charge < -0.3 is 14.8 Å². The molecular formula is C26H26N4O3. The summed E-state index contributed by atoms with van der Waals surface area (Å²) >= 11 is 0. The highest BCUT2D eigenvalue weighted by Gasteiger charge is 2.18. The molecule has 0 saturated carbocycles. The van der Waals surface area contributed by atoms with E-state index in [1.165, 1.54) is 0 Å².